The number of rotatable bonds is 11. The first-order valence-corrected chi connectivity index (χ1v) is 12.3. The molecule has 10 heteroatoms. The number of fused-ring (bicyclic) bond motifs is 1. The molecule has 4 rings (SSSR count). The van der Waals surface area contributed by atoms with Crippen molar-refractivity contribution in [2.24, 2.45) is 0 Å². The number of allylic oxidation sites excluding steroid dienone is 1. The third kappa shape index (κ3) is 5.71. The zero-order chi connectivity index (χ0) is 26.6. The van der Waals surface area contributed by atoms with E-state index >= 15 is 0 Å². The number of hydrogen-bond donors (Lipinski definition) is 3. The molecule has 0 amide bonds. The van der Waals surface area contributed by atoms with Crippen LogP contribution in [0.2, 0.25) is 0 Å². The molecule has 194 valence electrons. The van der Waals surface area contributed by atoms with Gasteiger partial charge in [-0.05, 0) is 70.3 Å². The number of benzene rings is 1. The molecule has 0 aliphatic carbocycles. The zero-order valence-corrected chi connectivity index (χ0v) is 21.8. The van der Waals surface area contributed by atoms with Gasteiger partial charge in [0.25, 0.3) is 5.56 Å². The molecule has 10 nitrogen and oxygen atoms in total. The quantitative estimate of drug-likeness (QED) is 0.212. The molecule has 3 heterocycles. The predicted molar refractivity (Wildman–Crippen MR) is 148 cm³/mol. The molecule has 1 aromatic carbocycles. The minimum atomic E-state index is -1.14. The summed E-state index contributed by atoms with van der Waals surface area (Å²) >= 11 is 0. The third-order valence-electron chi connectivity index (χ3n) is 6.04. The largest absolute Gasteiger partial charge is 0.384 e. The van der Waals surface area contributed by atoms with Gasteiger partial charge >= 0.3 is 0 Å². The molecular formula is C27H34N8O2. The molecular weight excluding hydrogens is 468 g/mol. The van der Waals surface area contributed by atoms with Crippen LogP contribution in [0.5, 0.6) is 0 Å². The number of nitrogens with zero attached hydrogens (tertiary/aromatic N) is 6. The smallest absolute Gasteiger partial charge is 0.278 e. The van der Waals surface area contributed by atoms with E-state index < -0.39 is 5.60 Å². The Bertz CT molecular complexity index is 1430. The van der Waals surface area contributed by atoms with E-state index in [1.54, 1.807) is 42.8 Å². The Morgan fingerprint density at radius 2 is 1.92 bits per heavy atom. The van der Waals surface area contributed by atoms with Gasteiger partial charge in [0.1, 0.15) is 11.0 Å². The van der Waals surface area contributed by atoms with Crippen molar-refractivity contribution in [3.8, 4) is 5.82 Å². The number of nitrogens with one attached hydrogen (secondary N) is 2. The molecule has 0 radical (unpaired) electrons. The highest BCUT2D eigenvalue weighted by molar-refractivity contribution is 5.77. The number of anilines is 3. The van der Waals surface area contributed by atoms with Crippen molar-refractivity contribution >= 4 is 28.4 Å². The van der Waals surface area contributed by atoms with Gasteiger partial charge in [0.05, 0.1) is 12.2 Å². The van der Waals surface area contributed by atoms with E-state index in [0.29, 0.717) is 28.5 Å². The minimum Gasteiger partial charge on any atom is -0.384 e. The first-order valence-electron chi connectivity index (χ1n) is 12.3. The summed E-state index contributed by atoms with van der Waals surface area (Å²) in [6.07, 6.45) is 4.22. The lowest BCUT2D eigenvalue weighted by Crippen LogP contribution is -2.23. The number of aromatic nitrogens is 5. The van der Waals surface area contributed by atoms with Crippen LogP contribution >= 0.6 is 0 Å². The van der Waals surface area contributed by atoms with E-state index in [1.807, 2.05) is 31.3 Å². The van der Waals surface area contributed by atoms with Crippen molar-refractivity contribution in [1.82, 2.24) is 29.6 Å². The average Bonchev–Trinajstić information content (AvgIpc) is 3.15. The van der Waals surface area contributed by atoms with Gasteiger partial charge in [-0.25, -0.2) is 19.3 Å². The summed E-state index contributed by atoms with van der Waals surface area (Å²) in [5, 5.41) is 17.2. The molecule has 0 atom stereocenters. The molecule has 0 saturated carbocycles. The summed E-state index contributed by atoms with van der Waals surface area (Å²) in [6.45, 7) is 9.30. The first-order chi connectivity index (χ1) is 17.7. The third-order valence-corrected chi connectivity index (χ3v) is 6.04. The Kier molecular flexibility index (Phi) is 7.70. The summed E-state index contributed by atoms with van der Waals surface area (Å²) in [6, 6.07) is 13.3. The van der Waals surface area contributed by atoms with E-state index in [9.17, 15) is 9.90 Å². The average molecular weight is 503 g/mol. The number of pyridine rings is 1. The summed E-state index contributed by atoms with van der Waals surface area (Å²) in [5.74, 6) is 0.814. The predicted octanol–water partition coefficient (Wildman–Crippen LogP) is 3.18. The van der Waals surface area contributed by atoms with Crippen LogP contribution in [0.4, 0.5) is 17.3 Å². The summed E-state index contributed by atoms with van der Waals surface area (Å²) in [7, 11) is 4.03. The fourth-order valence-corrected chi connectivity index (χ4v) is 4.04. The SMILES string of the molecule is C=CCn1c(=O)c2cnc(Nc3ccc(N(C)CCCNC)cc3)nc2n1-c1cccc(C(C)(C)O)n1. The summed E-state index contributed by atoms with van der Waals surface area (Å²) in [5.41, 5.74) is 1.44. The Morgan fingerprint density at radius 1 is 1.16 bits per heavy atom. The van der Waals surface area contributed by atoms with Crippen molar-refractivity contribution < 1.29 is 5.11 Å². The van der Waals surface area contributed by atoms with Crippen LogP contribution in [-0.2, 0) is 12.1 Å². The highest BCUT2D eigenvalue weighted by Gasteiger charge is 2.21. The lowest BCUT2D eigenvalue weighted by molar-refractivity contribution is 0.0738. The van der Waals surface area contributed by atoms with Crippen LogP contribution in [0.15, 0.2) is 66.1 Å². The molecule has 0 aliphatic rings. The van der Waals surface area contributed by atoms with Crippen LogP contribution < -0.4 is 21.1 Å². The lowest BCUT2D eigenvalue weighted by atomic mass is 10.1. The second-order valence-electron chi connectivity index (χ2n) is 9.41. The molecule has 3 N–H and O–H groups in total. The maximum absolute atomic E-state index is 13.2. The van der Waals surface area contributed by atoms with E-state index in [2.05, 4.69) is 44.1 Å². The molecule has 0 fully saturated rings. The first kappa shape index (κ1) is 26.1. The van der Waals surface area contributed by atoms with Crippen molar-refractivity contribution in [2.45, 2.75) is 32.4 Å². The van der Waals surface area contributed by atoms with Crippen molar-refractivity contribution in [3.05, 3.63) is 77.4 Å². The summed E-state index contributed by atoms with van der Waals surface area (Å²) in [4.78, 5) is 29.1. The monoisotopic (exact) mass is 502 g/mol. The second-order valence-corrected chi connectivity index (χ2v) is 9.41. The Balaban J connectivity index is 1.69. The molecule has 0 spiro atoms. The van der Waals surface area contributed by atoms with Crippen molar-refractivity contribution in [1.29, 1.82) is 0 Å². The number of aliphatic hydroxyl groups is 1. The molecule has 3 aromatic heterocycles. The maximum atomic E-state index is 13.2. The van der Waals surface area contributed by atoms with Crippen molar-refractivity contribution in [3.63, 3.8) is 0 Å². The second kappa shape index (κ2) is 10.9. The van der Waals surface area contributed by atoms with Gasteiger partial charge in [-0.15, -0.1) is 6.58 Å². The molecule has 37 heavy (non-hydrogen) atoms. The van der Waals surface area contributed by atoms with Gasteiger partial charge in [0.15, 0.2) is 11.5 Å². The Labute approximate surface area is 216 Å². The lowest BCUT2D eigenvalue weighted by Gasteiger charge is -2.19. The van der Waals surface area contributed by atoms with Crippen LogP contribution in [0.1, 0.15) is 26.0 Å². The van der Waals surface area contributed by atoms with Gasteiger partial charge in [-0.2, -0.15) is 4.98 Å². The normalized spacial score (nSPS) is 11.6. The highest BCUT2D eigenvalue weighted by atomic mass is 16.3. The van der Waals surface area contributed by atoms with Crippen LogP contribution in [0, 0.1) is 0 Å². The Hall–Kier alpha value is -4.02. The number of hydrogen-bond acceptors (Lipinski definition) is 8. The van der Waals surface area contributed by atoms with E-state index in [1.165, 1.54) is 10.9 Å². The fraction of sp³-hybridized carbons (Fsp3) is 0.333. The van der Waals surface area contributed by atoms with E-state index in [-0.39, 0.29) is 12.1 Å². The fourth-order valence-electron chi connectivity index (χ4n) is 4.04. The molecule has 4 aromatic rings. The van der Waals surface area contributed by atoms with Gasteiger partial charge in [0, 0.05) is 31.2 Å². The maximum Gasteiger partial charge on any atom is 0.278 e. The molecule has 0 unspecified atom stereocenters. The Morgan fingerprint density at radius 3 is 2.59 bits per heavy atom. The standard InChI is InChI=1S/C27H34N8O2/c1-6-16-34-25(36)21-18-29-26(30-19-11-13-20(14-12-19)33(5)17-8-15-28-4)32-24(21)35(34)23-10-7-9-22(31-23)27(2,3)37/h6-7,9-14,18,28,37H,1,8,15-17H2,2-5H3,(H,29,30,32). The highest BCUT2D eigenvalue weighted by Crippen LogP contribution is 2.23. The topological polar surface area (TPSA) is 113 Å². The van der Waals surface area contributed by atoms with Crippen LogP contribution in [-0.4, -0.2) is 56.6 Å². The van der Waals surface area contributed by atoms with E-state index in [0.717, 1.165) is 30.9 Å². The van der Waals surface area contributed by atoms with Gasteiger partial charge in [-0.3, -0.25) is 4.79 Å². The molecule has 0 bridgehead atoms. The van der Waals surface area contributed by atoms with Crippen LogP contribution in [0.25, 0.3) is 16.9 Å². The van der Waals surface area contributed by atoms with Crippen molar-refractivity contribution in [2.75, 3.05) is 37.4 Å². The molecule has 0 aliphatic heterocycles. The summed E-state index contributed by atoms with van der Waals surface area (Å²) < 4.78 is 3.15. The zero-order valence-electron chi connectivity index (χ0n) is 21.8. The molecule has 0 saturated heterocycles. The van der Waals surface area contributed by atoms with Gasteiger partial charge in [-0.1, -0.05) is 12.1 Å². The van der Waals surface area contributed by atoms with Gasteiger partial charge in [0.2, 0.25) is 5.95 Å². The van der Waals surface area contributed by atoms with Gasteiger partial charge < -0.3 is 20.6 Å². The van der Waals surface area contributed by atoms with E-state index in [4.69, 9.17) is 0 Å². The van der Waals surface area contributed by atoms with Crippen LogP contribution in [0.3, 0.4) is 0 Å². The minimum absolute atomic E-state index is 0.248.